The van der Waals surface area contributed by atoms with Crippen molar-refractivity contribution < 1.29 is 4.79 Å². The summed E-state index contributed by atoms with van der Waals surface area (Å²) in [5, 5.41) is 9.03. The van der Waals surface area contributed by atoms with Crippen LogP contribution in [0, 0.1) is 0 Å². The van der Waals surface area contributed by atoms with Gasteiger partial charge in [0.2, 0.25) is 5.91 Å². The molecule has 5 nitrogen and oxygen atoms in total. The Hall–Kier alpha value is -2.66. The predicted octanol–water partition coefficient (Wildman–Crippen LogP) is 2.55. The van der Waals surface area contributed by atoms with E-state index in [4.69, 9.17) is 5.73 Å². The summed E-state index contributed by atoms with van der Waals surface area (Å²) >= 11 is 0. The van der Waals surface area contributed by atoms with E-state index in [0.717, 1.165) is 28.7 Å². The first-order valence-electron chi connectivity index (χ1n) is 8.11. The molecule has 0 aliphatic heterocycles. The molecule has 1 amide bonds. The van der Waals surface area contributed by atoms with Gasteiger partial charge in [0, 0.05) is 24.2 Å². The second kappa shape index (κ2) is 6.84. The zero-order chi connectivity index (χ0) is 17.1. The van der Waals surface area contributed by atoms with Gasteiger partial charge in [0.1, 0.15) is 0 Å². The lowest BCUT2D eigenvalue weighted by molar-refractivity contribution is -0.117. The number of hydrogen-bond donors (Lipinski definition) is 2. The number of nitrogens with one attached hydrogen (secondary N) is 1. The van der Waals surface area contributed by atoms with Gasteiger partial charge in [0.15, 0.2) is 0 Å². The number of hydrogen-bond acceptors (Lipinski definition) is 3. The van der Waals surface area contributed by atoms with E-state index >= 15 is 0 Å². The fraction of sp³-hybridized carbons (Fsp3) is 0.263. The zero-order valence-corrected chi connectivity index (χ0v) is 14.0. The second-order valence-corrected chi connectivity index (χ2v) is 6.27. The van der Waals surface area contributed by atoms with Gasteiger partial charge in [-0.3, -0.25) is 4.79 Å². The van der Waals surface area contributed by atoms with Crippen LogP contribution in [0.3, 0.4) is 0 Å². The molecule has 0 bridgehead atoms. The minimum atomic E-state index is -0.348. The van der Waals surface area contributed by atoms with E-state index in [1.165, 1.54) is 5.56 Å². The largest absolute Gasteiger partial charge is 0.369 e. The van der Waals surface area contributed by atoms with Gasteiger partial charge in [-0.15, -0.1) is 0 Å². The van der Waals surface area contributed by atoms with Gasteiger partial charge in [0.05, 0.1) is 17.6 Å². The van der Waals surface area contributed by atoms with Crippen molar-refractivity contribution >= 4 is 16.8 Å². The van der Waals surface area contributed by atoms with Crippen LogP contribution >= 0.6 is 0 Å². The highest BCUT2D eigenvalue weighted by Crippen LogP contribution is 2.20. The number of fused-ring (bicyclic) bond motifs is 1. The van der Waals surface area contributed by atoms with Crippen LogP contribution in [0.25, 0.3) is 16.6 Å². The van der Waals surface area contributed by atoms with Crippen LogP contribution in [0.5, 0.6) is 0 Å². The first-order chi connectivity index (χ1) is 11.5. The smallest absolute Gasteiger partial charge is 0.221 e. The highest BCUT2D eigenvalue weighted by molar-refractivity contribution is 5.87. The predicted molar refractivity (Wildman–Crippen MR) is 95.9 cm³/mol. The van der Waals surface area contributed by atoms with Crippen molar-refractivity contribution in [1.82, 2.24) is 15.1 Å². The first kappa shape index (κ1) is 16.2. The van der Waals surface area contributed by atoms with Crippen LogP contribution in [0.15, 0.2) is 48.7 Å². The third-order valence-corrected chi connectivity index (χ3v) is 3.90. The van der Waals surface area contributed by atoms with Crippen molar-refractivity contribution in [1.29, 1.82) is 0 Å². The summed E-state index contributed by atoms with van der Waals surface area (Å²) in [5.74, 6) is -0.348. The molecule has 3 N–H and O–H groups in total. The van der Waals surface area contributed by atoms with E-state index in [2.05, 4.69) is 48.5 Å². The minimum absolute atomic E-state index is 0.203. The SMILES string of the molecule is CC(C)NCc1ccc(-n2cc3cccc(CC(N)=O)c3n2)cc1. The maximum atomic E-state index is 11.2. The molecular weight excluding hydrogens is 300 g/mol. The lowest BCUT2D eigenvalue weighted by Crippen LogP contribution is -2.21. The average Bonchev–Trinajstić information content (AvgIpc) is 2.98. The Kier molecular flexibility index (Phi) is 4.62. The molecule has 2 aromatic carbocycles. The molecule has 1 aromatic heterocycles. The van der Waals surface area contributed by atoms with Gasteiger partial charge >= 0.3 is 0 Å². The highest BCUT2D eigenvalue weighted by Gasteiger charge is 2.09. The van der Waals surface area contributed by atoms with Crippen LogP contribution in [-0.2, 0) is 17.8 Å². The molecule has 24 heavy (non-hydrogen) atoms. The van der Waals surface area contributed by atoms with Crippen LogP contribution in [0.2, 0.25) is 0 Å². The van der Waals surface area contributed by atoms with Crippen molar-refractivity contribution in [3.63, 3.8) is 0 Å². The third-order valence-electron chi connectivity index (χ3n) is 3.90. The van der Waals surface area contributed by atoms with Crippen molar-refractivity contribution in [3.8, 4) is 5.69 Å². The molecule has 0 saturated carbocycles. The number of benzene rings is 2. The number of carbonyl (C=O) groups is 1. The van der Waals surface area contributed by atoms with E-state index in [-0.39, 0.29) is 12.3 Å². The standard InChI is InChI=1S/C19H22N4O/c1-13(2)21-11-14-6-8-17(9-7-14)23-12-16-5-3-4-15(10-18(20)24)19(16)22-23/h3-9,12-13,21H,10-11H2,1-2H3,(H2,20,24). The molecule has 0 aliphatic rings. The molecular formula is C19H22N4O. The molecule has 0 aliphatic carbocycles. The number of amides is 1. The summed E-state index contributed by atoms with van der Waals surface area (Å²) < 4.78 is 1.84. The Bertz CT molecular complexity index is 849. The number of nitrogens with two attached hydrogens (primary N) is 1. The van der Waals surface area contributed by atoms with Gasteiger partial charge in [-0.2, -0.15) is 5.10 Å². The monoisotopic (exact) mass is 322 g/mol. The number of carbonyl (C=O) groups excluding carboxylic acids is 1. The minimum Gasteiger partial charge on any atom is -0.369 e. The maximum Gasteiger partial charge on any atom is 0.221 e. The topological polar surface area (TPSA) is 72.9 Å². The van der Waals surface area contributed by atoms with Gasteiger partial charge in [-0.05, 0) is 23.3 Å². The molecule has 1 heterocycles. The van der Waals surface area contributed by atoms with Gasteiger partial charge < -0.3 is 11.1 Å². The van der Waals surface area contributed by atoms with Crippen molar-refractivity contribution in [2.24, 2.45) is 5.73 Å². The Labute approximate surface area is 141 Å². The number of aromatic nitrogens is 2. The lowest BCUT2D eigenvalue weighted by atomic mass is 10.1. The summed E-state index contributed by atoms with van der Waals surface area (Å²) in [6.45, 7) is 5.11. The van der Waals surface area contributed by atoms with Crippen LogP contribution in [0.4, 0.5) is 0 Å². The van der Waals surface area contributed by atoms with E-state index in [0.29, 0.717) is 6.04 Å². The maximum absolute atomic E-state index is 11.2. The molecule has 0 fully saturated rings. The van der Waals surface area contributed by atoms with Gasteiger partial charge in [0.25, 0.3) is 0 Å². The molecule has 5 heteroatoms. The molecule has 0 radical (unpaired) electrons. The Morgan fingerprint density at radius 1 is 1.21 bits per heavy atom. The number of primary amides is 1. The lowest BCUT2D eigenvalue weighted by Gasteiger charge is -2.08. The summed E-state index contributed by atoms with van der Waals surface area (Å²) in [5.41, 5.74) is 9.22. The normalized spacial score (nSPS) is 11.3. The summed E-state index contributed by atoms with van der Waals surface area (Å²) in [7, 11) is 0. The third kappa shape index (κ3) is 3.63. The van der Waals surface area contributed by atoms with Gasteiger partial charge in [-0.1, -0.05) is 44.2 Å². The second-order valence-electron chi connectivity index (χ2n) is 6.27. The Morgan fingerprint density at radius 3 is 2.62 bits per heavy atom. The molecule has 3 aromatic rings. The molecule has 124 valence electrons. The molecule has 0 saturated heterocycles. The van der Waals surface area contributed by atoms with E-state index < -0.39 is 0 Å². The van der Waals surface area contributed by atoms with Crippen LogP contribution < -0.4 is 11.1 Å². The number of nitrogens with zero attached hydrogens (tertiary/aromatic N) is 2. The summed E-state index contributed by atoms with van der Waals surface area (Å²) in [6, 6.07) is 14.6. The van der Waals surface area contributed by atoms with Crippen LogP contribution in [0.1, 0.15) is 25.0 Å². The molecule has 0 unspecified atom stereocenters. The quantitative estimate of drug-likeness (QED) is 0.732. The zero-order valence-electron chi connectivity index (χ0n) is 14.0. The van der Waals surface area contributed by atoms with Crippen molar-refractivity contribution in [3.05, 3.63) is 59.8 Å². The average molecular weight is 322 g/mol. The summed E-state index contributed by atoms with van der Waals surface area (Å²) in [6.07, 6.45) is 2.18. The Balaban J connectivity index is 1.88. The Morgan fingerprint density at radius 2 is 1.96 bits per heavy atom. The molecule has 3 rings (SSSR count). The van der Waals surface area contributed by atoms with Crippen molar-refractivity contribution in [2.45, 2.75) is 32.9 Å². The van der Waals surface area contributed by atoms with Crippen molar-refractivity contribution in [2.75, 3.05) is 0 Å². The molecule has 0 atom stereocenters. The first-order valence-corrected chi connectivity index (χ1v) is 8.11. The van der Waals surface area contributed by atoms with E-state index in [1.807, 2.05) is 29.1 Å². The fourth-order valence-electron chi connectivity index (χ4n) is 2.66. The number of rotatable bonds is 6. The van der Waals surface area contributed by atoms with Gasteiger partial charge in [-0.25, -0.2) is 4.68 Å². The fourth-order valence-corrected chi connectivity index (χ4v) is 2.66. The summed E-state index contributed by atoms with van der Waals surface area (Å²) in [4.78, 5) is 11.2. The van der Waals surface area contributed by atoms with E-state index in [1.54, 1.807) is 0 Å². The van der Waals surface area contributed by atoms with E-state index in [9.17, 15) is 4.79 Å². The highest BCUT2D eigenvalue weighted by atomic mass is 16.1. The molecule has 0 spiro atoms. The van der Waals surface area contributed by atoms with Crippen LogP contribution in [-0.4, -0.2) is 21.7 Å².